The van der Waals surface area contributed by atoms with Gasteiger partial charge in [0.2, 0.25) is 0 Å². The van der Waals surface area contributed by atoms with Crippen LogP contribution in [0.3, 0.4) is 0 Å². The average molecular weight is 381 g/mol. The highest BCUT2D eigenvalue weighted by atomic mass is 35.5. The maximum absolute atomic E-state index is 14.4. The summed E-state index contributed by atoms with van der Waals surface area (Å²) in [7, 11) is 0. The van der Waals surface area contributed by atoms with Crippen molar-refractivity contribution in [3.8, 4) is 0 Å². The van der Waals surface area contributed by atoms with E-state index in [0.29, 0.717) is 10.3 Å². The summed E-state index contributed by atoms with van der Waals surface area (Å²) in [6.07, 6.45) is 2.26. The second-order valence-electron chi connectivity index (χ2n) is 5.65. The molecule has 0 bridgehead atoms. The minimum Gasteiger partial charge on any atom is -0.354 e. The zero-order chi connectivity index (χ0) is 17.6. The van der Waals surface area contributed by atoms with Crippen LogP contribution in [-0.2, 0) is 16.9 Å². The highest BCUT2D eigenvalue weighted by molar-refractivity contribution is 7.71. The predicted octanol–water partition coefficient (Wildman–Crippen LogP) is 3.93. The number of rotatable bonds is 4. The van der Waals surface area contributed by atoms with Gasteiger partial charge in [0, 0.05) is 11.8 Å². The number of aromatic amines is 1. The molecular formula is C16H11ClF2N4OS. The van der Waals surface area contributed by atoms with E-state index in [9.17, 15) is 8.78 Å². The molecule has 5 nitrogen and oxygen atoms in total. The van der Waals surface area contributed by atoms with Crippen molar-refractivity contribution in [3.63, 3.8) is 0 Å². The van der Waals surface area contributed by atoms with Crippen molar-refractivity contribution in [2.45, 2.75) is 18.2 Å². The first kappa shape index (κ1) is 16.3. The molecule has 0 amide bonds. The fraction of sp³-hybridized carbons (Fsp3) is 0.188. The Kier molecular flexibility index (Phi) is 3.90. The predicted molar refractivity (Wildman–Crippen MR) is 88.5 cm³/mol. The summed E-state index contributed by atoms with van der Waals surface area (Å²) in [4.78, 5) is 6.52. The Morgan fingerprint density at radius 3 is 2.72 bits per heavy atom. The number of hydrogen-bond acceptors (Lipinski definition) is 4. The monoisotopic (exact) mass is 380 g/mol. The second-order valence-corrected chi connectivity index (χ2v) is 6.40. The van der Waals surface area contributed by atoms with Crippen LogP contribution >= 0.6 is 23.8 Å². The Bertz CT molecular complexity index is 990. The molecule has 128 valence electrons. The van der Waals surface area contributed by atoms with Crippen molar-refractivity contribution < 1.29 is 13.5 Å². The fourth-order valence-electron chi connectivity index (χ4n) is 2.90. The molecule has 0 radical (unpaired) electrons. The van der Waals surface area contributed by atoms with Gasteiger partial charge < -0.3 is 9.72 Å². The lowest BCUT2D eigenvalue weighted by Gasteiger charge is -2.14. The van der Waals surface area contributed by atoms with Gasteiger partial charge in [0.1, 0.15) is 23.8 Å². The fourth-order valence-corrected chi connectivity index (χ4v) is 3.23. The zero-order valence-corrected chi connectivity index (χ0v) is 14.2. The van der Waals surface area contributed by atoms with Gasteiger partial charge in [-0.2, -0.15) is 5.10 Å². The Hall–Kier alpha value is -2.16. The molecule has 1 N–H and O–H groups in total. The van der Waals surface area contributed by atoms with Crippen molar-refractivity contribution in [3.05, 3.63) is 75.5 Å². The normalized spacial score (nSPS) is 22.1. The molecule has 2 atom stereocenters. The molecule has 0 unspecified atom stereocenters. The first-order valence-corrected chi connectivity index (χ1v) is 8.14. The number of ether oxygens (including phenoxy) is 1. The van der Waals surface area contributed by atoms with Crippen LogP contribution in [0.15, 0.2) is 42.9 Å². The Morgan fingerprint density at radius 2 is 2.04 bits per heavy atom. The van der Waals surface area contributed by atoms with E-state index in [0.717, 1.165) is 0 Å². The minimum absolute atomic E-state index is 0.225. The smallest absolute Gasteiger partial charge is 0.195 e. The summed E-state index contributed by atoms with van der Waals surface area (Å²) in [6.45, 7) is 0.241. The maximum Gasteiger partial charge on any atom is 0.195 e. The van der Waals surface area contributed by atoms with Crippen molar-refractivity contribution >= 4 is 23.8 Å². The molecule has 0 aliphatic carbocycles. The number of H-pyrrole nitrogens is 1. The Balaban J connectivity index is 1.79. The third kappa shape index (κ3) is 2.76. The maximum atomic E-state index is 14.4. The summed E-state index contributed by atoms with van der Waals surface area (Å²) in [5.74, 6) is -1.01. The van der Waals surface area contributed by atoms with E-state index in [1.165, 1.54) is 30.7 Å². The van der Waals surface area contributed by atoms with Crippen molar-refractivity contribution in [1.29, 1.82) is 0 Å². The molecule has 1 aromatic carbocycles. The van der Waals surface area contributed by atoms with Gasteiger partial charge in [-0.25, -0.2) is 18.4 Å². The number of hydrogen-bond donors (Lipinski definition) is 1. The third-order valence-corrected chi connectivity index (χ3v) is 4.78. The standard InChI is InChI=1S/C16H11ClF2N4OS/c17-14-12(19)11(5-6-20-14)13-16(24-13,7-23-15(25)21-8-22-23)9-1-3-10(18)4-2-9/h1-6,8,13H,7H2,(H,21,22,25)/t13-,16-/m1/s1. The van der Waals surface area contributed by atoms with Gasteiger partial charge in [-0.15, -0.1) is 0 Å². The molecular weight excluding hydrogens is 370 g/mol. The molecule has 1 aliphatic heterocycles. The van der Waals surface area contributed by atoms with Crippen LogP contribution in [0, 0.1) is 16.4 Å². The molecule has 4 rings (SSSR count). The number of benzene rings is 1. The van der Waals surface area contributed by atoms with E-state index in [-0.39, 0.29) is 23.1 Å². The molecule has 1 aliphatic rings. The van der Waals surface area contributed by atoms with E-state index < -0.39 is 17.5 Å². The SMILES string of the molecule is Fc1ccc([C@@]2(Cn3nc[nH]c3=S)O[C@@H]2c2ccnc(Cl)c2F)cc1. The van der Waals surface area contributed by atoms with Crippen LogP contribution in [0.4, 0.5) is 8.78 Å². The van der Waals surface area contributed by atoms with Crippen LogP contribution in [0.25, 0.3) is 0 Å². The summed E-state index contributed by atoms with van der Waals surface area (Å²) in [6, 6.07) is 7.38. The number of nitrogens with zero attached hydrogens (tertiary/aromatic N) is 3. The summed E-state index contributed by atoms with van der Waals surface area (Å²) < 4.78 is 35.6. The van der Waals surface area contributed by atoms with Crippen LogP contribution in [0.5, 0.6) is 0 Å². The first-order valence-electron chi connectivity index (χ1n) is 7.35. The molecule has 0 spiro atoms. The lowest BCUT2D eigenvalue weighted by molar-refractivity contribution is 0.261. The summed E-state index contributed by atoms with van der Waals surface area (Å²) in [5, 5.41) is 3.90. The number of nitrogens with one attached hydrogen (secondary N) is 1. The van der Waals surface area contributed by atoms with Gasteiger partial charge in [-0.05, 0) is 36.0 Å². The van der Waals surface area contributed by atoms with E-state index in [1.807, 2.05) is 0 Å². The van der Waals surface area contributed by atoms with Gasteiger partial charge in [0.15, 0.2) is 15.7 Å². The zero-order valence-electron chi connectivity index (χ0n) is 12.6. The Morgan fingerprint density at radius 1 is 1.28 bits per heavy atom. The van der Waals surface area contributed by atoms with Crippen LogP contribution < -0.4 is 0 Å². The number of pyridine rings is 1. The van der Waals surface area contributed by atoms with Gasteiger partial charge in [-0.3, -0.25) is 0 Å². The molecule has 2 aromatic heterocycles. The van der Waals surface area contributed by atoms with E-state index in [4.69, 9.17) is 28.6 Å². The van der Waals surface area contributed by atoms with Gasteiger partial charge in [0.05, 0.1) is 6.54 Å². The molecule has 3 aromatic rings. The van der Waals surface area contributed by atoms with Crippen molar-refractivity contribution in [1.82, 2.24) is 19.7 Å². The minimum atomic E-state index is -0.924. The van der Waals surface area contributed by atoms with Crippen molar-refractivity contribution in [2.24, 2.45) is 0 Å². The molecule has 1 saturated heterocycles. The Labute approximate surface area is 151 Å². The van der Waals surface area contributed by atoms with E-state index in [1.54, 1.807) is 16.8 Å². The van der Waals surface area contributed by atoms with Crippen LogP contribution in [0.1, 0.15) is 17.2 Å². The molecule has 9 heteroatoms. The average Bonchev–Trinajstić information content (AvgIpc) is 3.18. The van der Waals surface area contributed by atoms with Gasteiger partial charge in [-0.1, -0.05) is 23.7 Å². The largest absolute Gasteiger partial charge is 0.354 e. The first-order chi connectivity index (χ1) is 12.0. The van der Waals surface area contributed by atoms with Gasteiger partial charge in [0.25, 0.3) is 0 Å². The topological polar surface area (TPSA) is 59.0 Å². The molecule has 3 heterocycles. The second kappa shape index (κ2) is 5.98. The van der Waals surface area contributed by atoms with E-state index >= 15 is 0 Å². The highest BCUT2D eigenvalue weighted by Crippen LogP contribution is 2.58. The molecule has 0 saturated carbocycles. The number of epoxide rings is 1. The molecule has 25 heavy (non-hydrogen) atoms. The number of aromatic nitrogens is 4. The quantitative estimate of drug-likeness (QED) is 0.423. The third-order valence-electron chi connectivity index (χ3n) is 4.19. The van der Waals surface area contributed by atoms with Crippen molar-refractivity contribution in [2.75, 3.05) is 0 Å². The summed E-state index contributed by atoms with van der Waals surface area (Å²) >= 11 is 11.0. The van der Waals surface area contributed by atoms with E-state index in [2.05, 4.69) is 15.1 Å². The van der Waals surface area contributed by atoms with Gasteiger partial charge >= 0.3 is 0 Å². The van der Waals surface area contributed by atoms with Crippen LogP contribution in [0.2, 0.25) is 5.15 Å². The lowest BCUT2D eigenvalue weighted by Crippen LogP contribution is -2.20. The number of halogens is 3. The molecule has 1 fully saturated rings. The lowest BCUT2D eigenvalue weighted by atomic mass is 9.91. The summed E-state index contributed by atoms with van der Waals surface area (Å²) in [5.41, 5.74) is 0.0506. The highest BCUT2D eigenvalue weighted by Gasteiger charge is 2.60. The van der Waals surface area contributed by atoms with Crippen LogP contribution in [-0.4, -0.2) is 19.7 Å².